The summed E-state index contributed by atoms with van der Waals surface area (Å²) in [5, 5.41) is 103. The summed E-state index contributed by atoms with van der Waals surface area (Å²) >= 11 is 0. The first kappa shape index (κ1) is 104. The molecule has 4 aromatic rings. The van der Waals surface area contributed by atoms with Crippen molar-refractivity contribution in [3.8, 4) is 5.75 Å². The number of benzene rings is 3. The number of H-pyrrole nitrogens is 1. The van der Waals surface area contributed by atoms with E-state index in [2.05, 4.69) is 74.1 Å². The van der Waals surface area contributed by atoms with Crippen LogP contribution < -0.4 is 79.6 Å². The van der Waals surface area contributed by atoms with Crippen LogP contribution in [0.5, 0.6) is 5.75 Å². The van der Waals surface area contributed by atoms with Gasteiger partial charge in [-0.2, -0.15) is 0 Å². The molecule has 23 N–H and O–H groups in total. The van der Waals surface area contributed by atoms with Crippen molar-refractivity contribution in [1.82, 2.24) is 79.0 Å². The van der Waals surface area contributed by atoms with Gasteiger partial charge in [0.05, 0.1) is 79.6 Å². The van der Waals surface area contributed by atoms with Crippen molar-refractivity contribution in [3.63, 3.8) is 0 Å². The third-order valence-electron chi connectivity index (χ3n) is 21.7. The number of nitrogens with zero attached hydrogens (tertiary/aromatic N) is 1. The number of primary amides is 1. The highest BCUT2D eigenvalue weighted by Crippen LogP contribution is 2.33. The van der Waals surface area contributed by atoms with E-state index < -0.39 is 260 Å². The summed E-state index contributed by atoms with van der Waals surface area (Å²) in [5.74, 6) is -18.9. The van der Waals surface area contributed by atoms with Gasteiger partial charge in [0.25, 0.3) is 0 Å². The van der Waals surface area contributed by atoms with Gasteiger partial charge in [0.15, 0.2) is 0 Å². The number of carbonyl (C=O) groups excluding carboxylic acids is 14. The van der Waals surface area contributed by atoms with E-state index in [0.717, 1.165) is 15.7 Å². The molecule has 3 aliphatic rings. The van der Waals surface area contributed by atoms with Crippen LogP contribution in [0.4, 0.5) is 4.79 Å². The van der Waals surface area contributed by atoms with Crippen molar-refractivity contribution in [2.45, 2.75) is 226 Å². The highest BCUT2D eigenvalue weighted by atomic mass is 33.1. The first-order chi connectivity index (χ1) is 60.9. The zero-order chi connectivity index (χ0) is 93.8. The van der Waals surface area contributed by atoms with E-state index in [1.807, 2.05) is 6.92 Å². The minimum absolute atomic E-state index is 0.0185. The highest BCUT2D eigenvalue weighted by molar-refractivity contribution is 8.77. The number of unbranched alkanes of at least 4 members (excludes halogenated alkanes) is 4. The SMILES string of the molecule is CC[C@H](C)[C@@H]1NC(=O)CNC(=O)[C@H]2Cc3c([nH]c4cc(OCCC(C)SSC[C@H](NC(=O)[C@H](Cc5ccccc5)NC(=O)[C@H](Cc5ccccc5)NC(=O)CCCCCCCNC(=O)CCC(NC(=O)NC(CO)CCC(=O)O)C(=O)O)C(=O)O)ccc34)S(=O)C[C@H](NC(=O)CNC1=O)C(=O)N[C@@H](CC(N)=O)C(=O)N1C[C@H](O)C[C@H]1C(=O)N[C@@H]([C@@H](C)[C@@H](O)CO)C(=O)N2. The quantitative estimate of drug-likeness (QED) is 0.0157. The Hall–Kier alpha value is -11.5. The lowest BCUT2D eigenvalue weighted by Crippen LogP contribution is -2.62. The fraction of sp³-hybridized carbons (Fsp3) is 0.554. The maximum Gasteiger partial charge on any atom is 0.327 e. The van der Waals surface area contributed by atoms with Gasteiger partial charge in [0, 0.05) is 86.4 Å². The van der Waals surface area contributed by atoms with Gasteiger partial charge in [-0.05, 0) is 66.8 Å². The molecule has 1 aromatic heterocycles. The van der Waals surface area contributed by atoms with Gasteiger partial charge in [0.2, 0.25) is 76.8 Å². The van der Waals surface area contributed by atoms with Gasteiger partial charge in [-0.3, -0.25) is 71.3 Å². The molecule has 0 aliphatic carbocycles. The van der Waals surface area contributed by atoms with Gasteiger partial charge in [-0.1, -0.05) is 136 Å². The van der Waals surface area contributed by atoms with Crippen LogP contribution in [-0.2, 0) is 107 Å². The summed E-state index contributed by atoms with van der Waals surface area (Å²) in [5.41, 5.74) is 7.11. The summed E-state index contributed by atoms with van der Waals surface area (Å²) < 4.78 is 21.6. The fourth-order valence-electron chi connectivity index (χ4n) is 14.2. The minimum atomic E-state index is -2.52. The Bertz CT molecular complexity index is 4570. The number of carboxylic acid groups (broad SMARTS) is 3. The van der Waals surface area contributed by atoms with Crippen molar-refractivity contribution < 1.29 is 126 Å². The van der Waals surface area contributed by atoms with Crippen molar-refractivity contribution >= 4 is 144 Å². The fourth-order valence-corrected chi connectivity index (χ4v) is 18.1. The van der Waals surface area contributed by atoms with Crippen LogP contribution in [-0.4, -0.2) is 292 Å². The molecule has 128 heavy (non-hydrogen) atoms. The number of carboxylic acids is 3. The second kappa shape index (κ2) is 52.1. The second-order valence-electron chi connectivity index (χ2n) is 31.6. The van der Waals surface area contributed by atoms with Crippen LogP contribution in [0.1, 0.15) is 134 Å². The van der Waals surface area contributed by atoms with Crippen molar-refractivity contribution in [3.05, 3.63) is 95.6 Å². The largest absolute Gasteiger partial charge is 0.493 e. The Morgan fingerprint density at radius 1 is 0.633 bits per heavy atom. The maximum absolute atomic E-state index is 15.3. The van der Waals surface area contributed by atoms with E-state index in [4.69, 9.17) is 15.6 Å². The topological polar surface area (TPSA) is 660 Å². The number of ether oxygens (including phenoxy) is 1. The van der Waals surface area contributed by atoms with Crippen molar-refractivity contribution in [2.24, 2.45) is 17.6 Å². The molecule has 0 spiro atoms. The van der Waals surface area contributed by atoms with E-state index in [9.17, 15) is 112 Å². The summed E-state index contributed by atoms with van der Waals surface area (Å²) in [6, 6.07) is 4.10. The molecule has 1 saturated heterocycles. The lowest BCUT2D eigenvalue weighted by Gasteiger charge is -2.32. The Morgan fingerprint density at radius 2 is 1.26 bits per heavy atom. The Kier molecular flexibility index (Phi) is 42.1. The van der Waals surface area contributed by atoms with Crippen LogP contribution >= 0.6 is 21.6 Å². The molecule has 15 amide bonds. The zero-order valence-corrected chi connectivity index (χ0v) is 73.7. The molecule has 45 heteroatoms. The van der Waals surface area contributed by atoms with Crippen molar-refractivity contribution in [2.75, 3.05) is 57.5 Å². The average molecular weight is 1850 g/mol. The number of nitrogens with one attached hydrogen (secondary N) is 14. The van der Waals surface area contributed by atoms with Crippen LogP contribution in [0.15, 0.2) is 83.9 Å². The van der Waals surface area contributed by atoms with Gasteiger partial charge in [-0.15, -0.1) is 0 Å². The second-order valence-corrected chi connectivity index (χ2v) is 35.9. The number of urea groups is 1. The van der Waals surface area contributed by atoms with E-state index in [-0.39, 0.29) is 96.3 Å². The minimum Gasteiger partial charge on any atom is -0.493 e. The number of carbonyl (C=O) groups is 17. The number of hydrogen-bond donors (Lipinski definition) is 22. The number of fused-ring (bicyclic) bond motifs is 5. The molecule has 4 unspecified atom stereocenters. The summed E-state index contributed by atoms with van der Waals surface area (Å²) in [4.78, 5) is 235. The predicted molar refractivity (Wildman–Crippen MR) is 465 cm³/mol. The molecule has 17 atom stereocenters. The molecule has 4 heterocycles. The smallest absolute Gasteiger partial charge is 0.327 e. The highest BCUT2D eigenvalue weighted by Gasteiger charge is 2.46. The lowest BCUT2D eigenvalue weighted by molar-refractivity contribution is -0.144. The number of aliphatic hydroxyl groups is 4. The summed E-state index contributed by atoms with van der Waals surface area (Å²) in [6.45, 7) is 2.95. The first-order valence-corrected chi connectivity index (χ1v) is 45.8. The molecule has 0 radical (unpaired) electrons. The third-order valence-corrected chi connectivity index (χ3v) is 26.1. The molecule has 1 fully saturated rings. The molecule has 3 aliphatic heterocycles. The van der Waals surface area contributed by atoms with Gasteiger partial charge in [-0.25, -0.2) is 14.4 Å². The number of aliphatic hydroxyl groups excluding tert-OH is 4. The van der Waals surface area contributed by atoms with E-state index >= 15 is 4.21 Å². The van der Waals surface area contributed by atoms with Crippen LogP contribution in [0.25, 0.3) is 10.9 Å². The maximum atomic E-state index is 15.3. The molecule has 702 valence electrons. The number of aromatic nitrogens is 1. The Morgan fingerprint density at radius 3 is 1.88 bits per heavy atom. The summed E-state index contributed by atoms with van der Waals surface area (Å²) in [7, 11) is -0.117. The number of nitrogens with two attached hydrogens (primary N) is 1. The zero-order valence-electron chi connectivity index (χ0n) is 71.3. The Labute approximate surface area is 747 Å². The molecule has 2 bridgehead atoms. The van der Waals surface area contributed by atoms with E-state index in [1.54, 1.807) is 74.5 Å². The van der Waals surface area contributed by atoms with Gasteiger partial charge in [0.1, 0.15) is 71.2 Å². The van der Waals surface area contributed by atoms with Crippen LogP contribution in [0.3, 0.4) is 0 Å². The number of hydrogen-bond acceptors (Lipinski definition) is 25. The molecule has 3 aromatic carbocycles. The number of aliphatic carboxylic acids is 3. The third kappa shape index (κ3) is 33.3. The molecule has 7 rings (SSSR count). The molecule has 0 saturated carbocycles. The number of rotatable bonds is 43. The van der Waals surface area contributed by atoms with Gasteiger partial charge >= 0.3 is 23.9 Å². The first-order valence-electron chi connectivity index (χ1n) is 42.1. The number of aromatic amines is 1. The standard InChI is InChI=1S/C83H116N16O26S3/c1-5-44(2)70-77(116)87-37-67(107)90-61-43-128(124)79-53(35-58(72(111)86-38-68(108)97-70)92-78(117)71(46(4)63(103)41-101)98-76(115)62-33-50(102)39-99(62)80(118)59(36-64(84)104)93-75(61)114)52-24-23-51(34-55(52)95-79)125-30-28-45(3)127-126-42-60(82(121)122)94-74(113)57(32-48-19-13-10-14-20-48)91-73(112)56(31-47-17-11-9-12-18-47)89-66(106)21-15-7-6-8-16-29-85-65(105)26-25-54(81(119)120)96-83(123)88-49(40-100)22-27-69(109)110/h9-14,17-20,23-24,34,44-46,49-50,54,56-63,70-71,95,100-103H,5-8,15-16,21-22,25-33,35-43H2,1-4H3,(H2,84,104)(H,85,105)(H,86,111)(H,87,116)(H,89,106)(H,90,107)(H,91,112)(H,92,117)(H,93,114)(H,94,113)(H,97,108)(H,98,115)(H,109,110)(H,119,120)(H,121,122)(H2,88,96,123)/t44-,45?,46-,49?,50+,54?,56-,57-,58+,59-,60-,61-,62-,63-,70-,71-,128?/m0/s1. The normalized spacial score (nSPS) is 21.2. The van der Waals surface area contributed by atoms with Gasteiger partial charge < -0.3 is 125 Å². The number of amides is 15. The van der Waals surface area contributed by atoms with Crippen molar-refractivity contribution in [1.29, 1.82) is 0 Å². The van der Waals surface area contributed by atoms with E-state index in [1.165, 1.54) is 35.9 Å². The van der Waals surface area contributed by atoms with Crippen LogP contribution in [0.2, 0.25) is 0 Å². The molecule has 42 nitrogen and oxygen atoms in total. The monoisotopic (exact) mass is 1850 g/mol. The summed E-state index contributed by atoms with van der Waals surface area (Å²) in [6.07, 6.45) is -2.63. The Balaban J connectivity index is 1.03. The lowest BCUT2D eigenvalue weighted by atomic mass is 9.93. The van der Waals surface area contributed by atoms with E-state index in [0.29, 0.717) is 56.1 Å². The molecular weight excluding hydrogens is 1730 g/mol. The predicted octanol–water partition coefficient (Wildman–Crippen LogP) is -2.85. The average Bonchev–Trinajstić information content (AvgIpc) is 1.62. The molecular formula is C83H116N16O26S3. The van der Waals surface area contributed by atoms with Crippen LogP contribution in [0, 0.1) is 11.8 Å².